The Morgan fingerprint density at radius 2 is 2.12 bits per heavy atom. The highest BCUT2D eigenvalue weighted by Gasteiger charge is 1.94. The van der Waals surface area contributed by atoms with Crippen LogP contribution in [-0.4, -0.2) is 19.4 Å². The second-order valence-corrected chi connectivity index (χ2v) is 2.39. The van der Waals surface area contributed by atoms with Crippen molar-refractivity contribution in [2.45, 2.75) is 13.3 Å². The lowest BCUT2D eigenvalue weighted by atomic mass is 10.5. The van der Waals surface area contributed by atoms with E-state index in [9.17, 15) is 8.42 Å². The van der Waals surface area contributed by atoms with Gasteiger partial charge in [-0.3, -0.25) is 5.84 Å². The van der Waals surface area contributed by atoms with Crippen LogP contribution < -0.4 is 5.84 Å². The average Bonchev–Trinajstić information content (AvgIpc) is 1.67. The minimum Gasteiger partial charge on any atom is -0.255 e. The molecule has 0 spiro atoms. The molecule has 0 rings (SSSR count). The van der Waals surface area contributed by atoms with Gasteiger partial charge in [0.05, 0.1) is 0 Å². The van der Waals surface area contributed by atoms with E-state index in [4.69, 9.17) is 5.84 Å². The maximum Gasteiger partial charge on any atom is 0.216 e. The standard InChI is InChI=1S/C3H10N2O2S/c1-2-3-5(4)8(6)7/h8H,2-4H2,1H3. The minimum atomic E-state index is -2.56. The third kappa shape index (κ3) is 2.95. The Labute approximate surface area is 50.3 Å². The van der Waals surface area contributed by atoms with Crippen molar-refractivity contribution in [3.05, 3.63) is 0 Å². The van der Waals surface area contributed by atoms with Crippen LogP contribution in [0, 0.1) is 0 Å². The minimum absolute atomic E-state index is 0.401. The molecule has 0 fully saturated rings. The van der Waals surface area contributed by atoms with Gasteiger partial charge in [-0.25, -0.2) is 8.42 Å². The van der Waals surface area contributed by atoms with Crippen LogP contribution in [0.15, 0.2) is 0 Å². The molecular weight excluding hydrogens is 128 g/mol. The number of nitrogens with zero attached hydrogens (tertiary/aromatic N) is 1. The van der Waals surface area contributed by atoms with Gasteiger partial charge in [0.2, 0.25) is 10.9 Å². The molecule has 50 valence electrons. The fraction of sp³-hybridized carbons (Fsp3) is 1.00. The lowest BCUT2D eigenvalue weighted by molar-refractivity contribution is 0.442. The first-order chi connectivity index (χ1) is 3.68. The molecule has 0 aliphatic carbocycles. The summed E-state index contributed by atoms with van der Waals surface area (Å²) in [7, 11) is -2.56. The highest BCUT2D eigenvalue weighted by Crippen LogP contribution is 1.79. The van der Waals surface area contributed by atoms with Gasteiger partial charge in [0.1, 0.15) is 0 Å². The van der Waals surface area contributed by atoms with Crippen LogP contribution in [0.3, 0.4) is 0 Å². The molecule has 0 atom stereocenters. The van der Waals surface area contributed by atoms with Gasteiger partial charge in [-0.15, -0.1) is 4.41 Å². The number of thiol groups is 1. The maximum atomic E-state index is 9.93. The largest absolute Gasteiger partial charge is 0.255 e. The number of nitrogens with two attached hydrogens (primary N) is 1. The van der Waals surface area contributed by atoms with E-state index < -0.39 is 10.9 Å². The van der Waals surface area contributed by atoms with Gasteiger partial charge in [-0.05, 0) is 6.42 Å². The number of hydrazine groups is 1. The molecule has 5 heteroatoms. The molecule has 0 aliphatic heterocycles. The molecule has 0 radical (unpaired) electrons. The molecule has 0 saturated carbocycles. The fourth-order valence-corrected chi connectivity index (χ4v) is 0.674. The monoisotopic (exact) mass is 138 g/mol. The summed E-state index contributed by atoms with van der Waals surface area (Å²) in [5.41, 5.74) is 0. The Balaban J connectivity index is 3.48. The Hall–Kier alpha value is -0.130. The number of hydrogen-bond acceptors (Lipinski definition) is 3. The first-order valence-corrected chi connectivity index (χ1v) is 3.48. The highest BCUT2D eigenvalue weighted by molar-refractivity contribution is 7.69. The van der Waals surface area contributed by atoms with E-state index in [2.05, 4.69) is 0 Å². The molecular formula is C3H10N2O2S. The fourth-order valence-electron chi connectivity index (χ4n) is 0.311. The molecule has 0 aliphatic rings. The zero-order chi connectivity index (χ0) is 6.57. The van der Waals surface area contributed by atoms with Gasteiger partial charge in [0.25, 0.3) is 0 Å². The van der Waals surface area contributed by atoms with Gasteiger partial charge in [0, 0.05) is 6.54 Å². The van der Waals surface area contributed by atoms with Crippen molar-refractivity contribution in [3.8, 4) is 0 Å². The molecule has 8 heavy (non-hydrogen) atoms. The summed E-state index contributed by atoms with van der Waals surface area (Å²) in [5, 5.41) is 0. The third-order valence-corrected chi connectivity index (χ3v) is 1.28. The van der Waals surface area contributed by atoms with Gasteiger partial charge in [-0.2, -0.15) is 0 Å². The quantitative estimate of drug-likeness (QED) is 0.302. The van der Waals surface area contributed by atoms with E-state index in [1.807, 2.05) is 6.92 Å². The van der Waals surface area contributed by atoms with Gasteiger partial charge in [-0.1, -0.05) is 6.92 Å². The first kappa shape index (κ1) is 7.87. The van der Waals surface area contributed by atoms with Crippen LogP contribution in [0.25, 0.3) is 0 Å². The van der Waals surface area contributed by atoms with E-state index in [0.717, 1.165) is 10.8 Å². The lowest BCUT2D eigenvalue weighted by Gasteiger charge is -2.02. The second-order valence-electron chi connectivity index (χ2n) is 1.40. The Bertz CT molecular complexity index is 114. The summed E-state index contributed by atoms with van der Waals surface area (Å²) in [6.45, 7) is 2.26. The molecule has 0 aromatic rings. The molecule has 0 amide bonds. The van der Waals surface area contributed by atoms with Crippen LogP contribution in [0.5, 0.6) is 0 Å². The normalized spacial score (nSPS) is 11.0. The molecule has 0 unspecified atom stereocenters. The van der Waals surface area contributed by atoms with Crippen molar-refractivity contribution in [2.24, 2.45) is 5.84 Å². The van der Waals surface area contributed by atoms with E-state index in [0.29, 0.717) is 6.54 Å². The number of hydrogen-bond donors (Lipinski definition) is 2. The van der Waals surface area contributed by atoms with E-state index in [1.165, 1.54) is 0 Å². The van der Waals surface area contributed by atoms with Crippen LogP contribution >= 0.6 is 0 Å². The summed E-state index contributed by atoms with van der Waals surface area (Å²) < 4.78 is 20.7. The molecule has 0 aromatic heterocycles. The predicted molar refractivity (Wildman–Crippen MR) is 31.5 cm³/mol. The molecule has 4 nitrogen and oxygen atoms in total. The smallest absolute Gasteiger partial charge is 0.216 e. The Morgan fingerprint density at radius 1 is 1.62 bits per heavy atom. The van der Waals surface area contributed by atoms with E-state index in [1.54, 1.807) is 0 Å². The van der Waals surface area contributed by atoms with Crippen molar-refractivity contribution in [1.82, 2.24) is 4.41 Å². The zero-order valence-corrected chi connectivity index (χ0v) is 5.60. The Morgan fingerprint density at radius 3 is 2.25 bits per heavy atom. The Kier molecular flexibility index (Phi) is 3.76. The van der Waals surface area contributed by atoms with Gasteiger partial charge in [0.15, 0.2) is 0 Å². The summed E-state index contributed by atoms with van der Waals surface area (Å²) >= 11 is 0. The molecule has 0 bridgehead atoms. The van der Waals surface area contributed by atoms with Crippen molar-refractivity contribution in [2.75, 3.05) is 6.54 Å². The third-order valence-electron chi connectivity index (χ3n) is 0.662. The highest BCUT2D eigenvalue weighted by atomic mass is 32.2. The lowest BCUT2D eigenvalue weighted by Crippen LogP contribution is -2.29. The summed E-state index contributed by atoms with van der Waals surface area (Å²) in [5.74, 6) is 4.96. The zero-order valence-electron chi connectivity index (χ0n) is 4.70. The summed E-state index contributed by atoms with van der Waals surface area (Å²) in [6.07, 6.45) is 0.750. The first-order valence-electron chi connectivity index (χ1n) is 2.35. The molecule has 0 aromatic carbocycles. The SMILES string of the molecule is CCCN(N)[SH](=O)=O. The summed E-state index contributed by atoms with van der Waals surface area (Å²) in [6, 6.07) is 0. The van der Waals surface area contributed by atoms with Crippen molar-refractivity contribution in [1.29, 1.82) is 0 Å². The van der Waals surface area contributed by atoms with Crippen molar-refractivity contribution >= 4 is 10.9 Å². The van der Waals surface area contributed by atoms with E-state index in [-0.39, 0.29) is 0 Å². The van der Waals surface area contributed by atoms with Crippen molar-refractivity contribution in [3.63, 3.8) is 0 Å². The topological polar surface area (TPSA) is 63.4 Å². The maximum absolute atomic E-state index is 9.93. The molecule has 0 saturated heterocycles. The van der Waals surface area contributed by atoms with Crippen LogP contribution in [0.1, 0.15) is 13.3 Å². The summed E-state index contributed by atoms with van der Waals surface area (Å²) in [4.78, 5) is 0. The average molecular weight is 138 g/mol. The van der Waals surface area contributed by atoms with Gasteiger partial charge >= 0.3 is 0 Å². The van der Waals surface area contributed by atoms with Crippen LogP contribution in [0.4, 0.5) is 0 Å². The second kappa shape index (κ2) is 3.82. The number of rotatable bonds is 3. The molecule has 0 heterocycles. The van der Waals surface area contributed by atoms with Crippen molar-refractivity contribution < 1.29 is 8.42 Å². The van der Waals surface area contributed by atoms with E-state index >= 15 is 0 Å². The van der Waals surface area contributed by atoms with Crippen LogP contribution in [0.2, 0.25) is 0 Å². The van der Waals surface area contributed by atoms with Gasteiger partial charge < -0.3 is 0 Å². The van der Waals surface area contributed by atoms with Crippen LogP contribution in [-0.2, 0) is 10.9 Å². The predicted octanol–water partition coefficient (Wildman–Crippen LogP) is -0.901. The molecule has 2 N–H and O–H groups in total.